The Morgan fingerprint density at radius 1 is 0.436 bits per heavy atom. The number of hydrogen-bond donors (Lipinski definition) is 4. The van der Waals surface area contributed by atoms with E-state index in [1.807, 2.05) is 107 Å². The van der Waals surface area contributed by atoms with Crippen molar-refractivity contribution in [1.82, 2.24) is 80.1 Å². The summed E-state index contributed by atoms with van der Waals surface area (Å²) in [5.74, 6) is 3.76. The molecule has 6 aromatic heterocycles. The van der Waals surface area contributed by atoms with Crippen molar-refractivity contribution < 1.29 is 37.1 Å². The normalized spacial score (nSPS) is 16.5. The van der Waals surface area contributed by atoms with E-state index < -0.39 is 6.36 Å². The molecule has 30 heteroatoms. The van der Waals surface area contributed by atoms with Crippen LogP contribution < -0.4 is 35.0 Å². The number of ether oxygens (including phenoxy) is 1. The Morgan fingerprint density at radius 2 is 0.850 bits per heavy atom. The number of urea groups is 2. The van der Waals surface area contributed by atoms with Crippen LogP contribution in [0.5, 0.6) is 5.75 Å². The number of hydrogen-bond acceptors (Lipinski definition) is 17. The number of anilines is 4. The van der Waals surface area contributed by atoms with Gasteiger partial charge in [0.2, 0.25) is 18.2 Å². The Morgan fingerprint density at radius 3 is 1.31 bits per heavy atom. The number of nitrogens with zero attached hydrogens (tertiary/aromatic N) is 16. The van der Waals surface area contributed by atoms with E-state index in [4.69, 9.17) is 27.9 Å². The molecule has 0 bridgehead atoms. The minimum atomic E-state index is -1.37. The van der Waals surface area contributed by atoms with Gasteiger partial charge in [0, 0.05) is 169 Å². The molecule has 0 radical (unpaired) electrons. The number of aromatic amines is 2. The van der Waals surface area contributed by atoms with Gasteiger partial charge < -0.3 is 64.5 Å². The van der Waals surface area contributed by atoms with Gasteiger partial charge >= 0.3 is 12.1 Å². The fourth-order valence-electron chi connectivity index (χ4n) is 18.8. The standard InChI is InChI=1S/C28H30ClN5O.C28H30FN5O.C27H27ClFN5O2.C27H28FN5O/c2*1-18-4-6-22(7-5-18)23-14-25-26(15-23)30-17-31-27(25)33-12-13-34(19(2)16-33)28(35)32-20(3)21-8-10-24(29)11-9-21;1-18(29)36-22-4-2-3-19(15-22)5-10-25(35)33-11-13-34(14-12-33)27-23-16-24(32-26(23)30-17-31-27)20-6-8-21(28)9-7-20;1-18-6-8-20(9-7-18)24-16-23-26(31-24)29-17-30-27(23)33-12-10-32(11-13-33)25(34)14-19(2)21-4-3-5-22(28)15-21/h2*4-11,14,17,19-20H,12-13,15-16H2,1-3H3,(H,32,35);2-4,6-9,15-18H,5,10-14H2,1H3,(H,30,31,32);3-9,15-17,19H,10-14H2,1-2H3,(H,29,30,31)/t2*19-,20-;;19-/m11.1/s1. The number of halogens is 5. The minimum Gasteiger partial charge on any atom is -0.461 e. The molecule has 720 valence electrons. The SMILES string of the molecule is CC(F)Oc1cccc(CCC(=O)N2CCN(c3ncnc4[nH]c(-c5ccc(Cl)cc5)cc34)CC2)c1.Cc1ccc(-c2cc3c(N4CCN(C(=O)C[C@@H](C)c5cccc(F)c5)CC4)ncnc3[nH]2)cc1.Cc1ccc(C2=Cc3c(ncnc3N3CCN(C(=O)N[C@H](C)c4ccc(Cl)cc4)[C@H](C)C3)C2)cc1.Cc1ccc(C2=Cc3c(ncnc3N3CCN(C(=O)N[C@H](C)c4ccc(F)cc4)[C@H](C)C3)C2)cc1. The molecule has 14 aromatic rings. The molecule has 4 aliphatic heterocycles. The zero-order valence-electron chi connectivity index (χ0n) is 80.1. The minimum absolute atomic E-state index is 0.0109. The Labute approximate surface area is 824 Å². The zero-order valence-corrected chi connectivity index (χ0v) is 81.6. The predicted octanol–water partition coefficient (Wildman–Crippen LogP) is 20.7. The fourth-order valence-corrected chi connectivity index (χ4v) is 19.1. The second-order valence-electron chi connectivity index (χ2n) is 36.8. The first-order valence-corrected chi connectivity index (χ1v) is 48.6. The number of H-pyrrole nitrogens is 2. The van der Waals surface area contributed by atoms with Crippen molar-refractivity contribution in [2.45, 2.75) is 131 Å². The van der Waals surface area contributed by atoms with E-state index >= 15 is 0 Å². The molecule has 0 spiro atoms. The lowest BCUT2D eigenvalue weighted by Crippen LogP contribution is -2.57. The van der Waals surface area contributed by atoms with Gasteiger partial charge in [-0.3, -0.25) is 9.59 Å². The van der Waals surface area contributed by atoms with Gasteiger partial charge in [-0.1, -0.05) is 180 Å². The molecule has 20 rings (SSSR count). The van der Waals surface area contributed by atoms with Crippen LogP contribution in [0.25, 0.3) is 67.9 Å². The van der Waals surface area contributed by atoms with Gasteiger partial charge in [-0.2, -0.15) is 0 Å². The third-order valence-electron chi connectivity index (χ3n) is 26.8. The average Bonchev–Trinajstić information content (AvgIpc) is 1.63. The molecule has 8 aromatic carbocycles. The molecular weight excluding hydrogens is 1810 g/mol. The lowest BCUT2D eigenvalue weighted by molar-refractivity contribution is -0.132. The summed E-state index contributed by atoms with van der Waals surface area (Å²) in [5, 5.41) is 9.50. The van der Waals surface area contributed by atoms with E-state index in [1.54, 1.807) is 55.6 Å². The molecule has 4 saturated heterocycles. The number of aryl methyl sites for hydroxylation is 4. The number of piperazine rings is 4. The van der Waals surface area contributed by atoms with Crippen molar-refractivity contribution in [2.24, 2.45) is 0 Å². The molecule has 4 fully saturated rings. The molecule has 4 N–H and O–H groups in total. The van der Waals surface area contributed by atoms with Crippen LogP contribution in [-0.4, -0.2) is 203 Å². The third kappa shape index (κ3) is 23.6. The summed E-state index contributed by atoms with van der Waals surface area (Å²) in [6, 6.07) is 64.6. The second-order valence-corrected chi connectivity index (χ2v) is 37.7. The molecule has 2 aliphatic carbocycles. The topological polar surface area (TPSA) is 262 Å². The smallest absolute Gasteiger partial charge is 0.318 e. The number of carbonyl (C=O) groups excluding carboxylic acids is 4. The first kappa shape index (κ1) is 97.1. The monoisotopic (exact) mass is 1920 g/mol. The van der Waals surface area contributed by atoms with Crippen molar-refractivity contribution in [3.8, 4) is 28.3 Å². The number of nitrogens with one attached hydrogen (secondary N) is 4. The number of allylic oxidation sites excluding steroid dienone is 2. The predicted molar refractivity (Wildman–Crippen MR) is 549 cm³/mol. The number of carbonyl (C=O) groups is 4. The van der Waals surface area contributed by atoms with Gasteiger partial charge in [0.25, 0.3) is 0 Å². The Kier molecular flexibility index (Phi) is 30.6. The zero-order chi connectivity index (χ0) is 97.8. The summed E-state index contributed by atoms with van der Waals surface area (Å²) < 4.78 is 45.0. The molecule has 0 saturated carbocycles. The third-order valence-corrected chi connectivity index (χ3v) is 27.3. The second kappa shape index (κ2) is 44.1. The van der Waals surface area contributed by atoms with Crippen LogP contribution in [0.3, 0.4) is 0 Å². The van der Waals surface area contributed by atoms with Crippen molar-refractivity contribution in [3.05, 3.63) is 326 Å². The van der Waals surface area contributed by atoms with Gasteiger partial charge in [-0.25, -0.2) is 62.6 Å². The highest BCUT2D eigenvalue weighted by Gasteiger charge is 2.36. The lowest BCUT2D eigenvalue weighted by atomic mass is 9.97. The van der Waals surface area contributed by atoms with Crippen LogP contribution >= 0.6 is 23.2 Å². The van der Waals surface area contributed by atoms with Gasteiger partial charge in [-0.15, -0.1) is 0 Å². The Hall–Kier alpha value is -14.5. The number of benzene rings is 8. The highest BCUT2D eigenvalue weighted by molar-refractivity contribution is 6.31. The molecular formula is C110H115Cl2F3N20O5. The quantitative estimate of drug-likeness (QED) is 0.0553. The van der Waals surface area contributed by atoms with E-state index in [2.05, 4.69) is 212 Å². The van der Waals surface area contributed by atoms with E-state index in [-0.39, 0.29) is 65.6 Å². The number of alkyl halides is 1. The summed E-state index contributed by atoms with van der Waals surface area (Å²) in [6.07, 6.45) is 12.5. The van der Waals surface area contributed by atoms with Gasteiger partial charge in [-0.05, 0) is 201 Å². The summed E-state index contributed by atoms with van der Waals surface area (Å²) >= 11 is 12.0. The van der Waals surface area contributed by atoms with E-state index in [0.717, 1.165) is 139 Å². The molecule has 6 atom stereocenters. The van der Waals surface area contributed by atoms with Crippen LogP contribution in [0.15, 0.2) is 232 Å². The lowest BCUT2D eigenvalue weighted by Gasteiger charge is -2.41. The van der Waals surface area contributed by atoms with Crippen molar-refractivity contribution in [3.63, 3.8) is 0 Å². The van der Waals surface area contributed by atoms with Gasteiger partial charge in [0.1, 0.15) is 77.3 Å². The fraction of sp³-hybridized carbons (Fsp3) is 0.309. The summed E-state index contributed by atoms with van der Waals surface area (Å²) in [7, 11) is 0. The van der Waals surface area contributed by atoms with Crippen molar-refractivity contribution in [2.75, 3.05) is 111 Å². The molecule has 6 aliphatic rings. The molecule has 140 heavy (non-hydrogen) atoms. The van der Waals surface area contributed by atoms with Crippen molar-refractivity contribution >= 4 is 116 Å². The number of fused-ring (bicyclic) bond motifs is 4. The molecule has 6 amide bonds. The highest BCUT2D eigenvalue weighted by Crippen LogP contribution is 2.40. The maximum atomic E-state index is 13.5. The van der Waals surface area contributed by atoms with Gasteiger partial charge in [0.05, 0.1) is 34.2 Å². The summed E-state index contributed by atoms with van der Waals surface area (Å²) in [5.41, 5.74) is 22.4. The van der Waals surface area contributed by atoms with Crippen LogP contribution in [-0.2, 0) is 28.9 Å². The number of rotatable bonds is 20. The number of amides is 6. The maximum Gasteiger partial charge on any atom is 0.318 e. The Balaban J connectivity index is 0.000000129. The van der Waals surface area contributed by atoms with Crippen LogP contribution in [0.1, 0.15) is 145 Å². The van der Waals surface area contributed by atoms with E-state index in [9.17, 15) is 32.3 Å². The molecule has 1 unspecified atom stereocenters. The van der Waals surface area contributed by atoms with E-state index in [1.165, 1.54) is 70.2 Å². The van der Waals surface area contributed by atoms with Crippen LogP contribution in [0, 0.1) is 32.4 Å². The number of aromatic nitrogens is 10. The highest BCUT2D eigenvalue weighted by atomic mass is 35.5. The maximum absolute atomic E-state index is 13.5. The van der Waals surface area contributed by atoms with Crippen LogP contribution in [0.4, 0.5) is 46.0 Å². The summed E-state index contributed by atoms with van der Waals surface area (Å²) in [6.45, 7) is 27.0. The molecule has 10 heterocycles. The first-order valence-electron chi connectivity index (χ1n) is 47.8. The largest absolute Gasteiger partial charge is 0.461 e. The van der Waals surface area contributed by atoms with Crippen molar-refractivity contribution in [1.29, 1.82) is 0 Å². The van der Waals surface area contributed by atoms with Crippen LogP contribution in [0.2, 0.25) is 10.0 Å². The first-order chi connectivity index (χ1) is 67.7. The van der Waals surface area contributed by atoms with E-state index in [0.29, 0.717) is 114 Å². The molecule has 25 nitrogen and oxygen atoms in total. The summed E-state index contributed by atoms with van der Waals surface area (Å²) in [4.78, 5) is 111. The van der Waals surface area contributed by atoms with Gasteiger partial charge in [0.15, 0.2) is 0 Å². The average molecular weight is 1930 g/mol. The Bertz CT molecular complexity index is 6600.